The number of carbonyl (C=O) groups is 3. The molecule has 1 aliphatic heterocycles. The predicted molar refractivity (Wildman–Crippen MR) is 74.5 cm³/mol. The summed E-state index contributed by atoms with van der Waals surface area (Å²) in [5.74, 6) is -5.20. The molecule has 1 saturated heterocycles. The van der Waals surface area contributed by atoms with Gasteiger partial charge in [0.1, 0.15) is 6.04 Å². The maximum absolute atomic E-state index is 12.6. The highest BCUT2D eigenvalue weighted by Crippen LogP contribution is 2.30. The SMILES string of the molecule is O=C(O)c1cccc(S(=O)(=O)N2CC(C(=O)O)CC2C(=O)O)c1. The summed E-state index contributed by atoms with van der Waals surface area (Å²) in [5, 5.41) is 27.0. The first kappa shape index (κ1) is 16.9. The second kappa shape index (κ2) is 5.97. The van der Waals surface area contributed by atoms with Crippen molar-refractivity contribution < 1.29 is 38.1 Å². The summed E-state index contributed by atoms with van der Waals surface area (Å²) in [6.07, 6.45) is -0.345. The molecule has 1 aromatic rings. The van der Waals surface area contributed by atoms with Gasteiger partial charge in [0.05, 0.1) is 16.4 Å². The van der Waals surface area contributed by atoms with Gasteiger partial charge in [0.25, 0.3) is 0 Å². The highest BCUT2D eigenvalue weighted by Gasteiger charge is 2.46. The lowest BCUT2D eigenvalue weighted by Crippen LogP contribution is -2.40. The second-order valence-electron chi connectivity index (χ2n) is 5.03. The maximum atomic E-state index is 12.6. The van der Waals surface area contributed by atoms with Crippen LogP contribution >= 0.6 is 0 Å². The predicted octanol–water partition coefficient (Wildman–Crippen LogP) is -0.0668. The molecule has 10 heteroatoms. The van der Waals surface area contributed by atoms with E-state index in [4.69, 9.17) is 15.3 Å². The van der Waals surface area contributed by atoms with Crippen molar-refractivity contribution in [3.63, 3.8) is 0 Å². The standard InChI is InChI=1S/C13H13NO8S/c15-11(16)7-2-1-3-9(4-7)23(21,22)14-6-8(12(17)18)5-10(14)13(19)20/h1-4,8,10H,5-6H2,(H,15,16)(H,17,18)(H,19,20). The van der Waals surface area contributed by atoms with E-state index in [-0.39, 0.29) is 12.0 Å². The minimum atomic E-state index is -4.33. The largest absolute Gasteiger partial charge is 0.481 e. The lowest BCUT2D eigenvalue weighted by Gasteiger charge is -2.21. The Bertz CT molecular complexity index is 772. The summed E-state index contributed by atoms with van der Waals surface area (Å²) >= 11 is 0. The van der Waals surface area contributed by atoms with Crippen molar-refractivity contribution in [2.75, 3.05) is 6.54 Å². The van der Waals surface area contributed by atoms with Gasteiger partial charge in [0.15, 0.2) is 0 Å². The summed E-state index contributed by atoms with van der Waals surface area (Å²) in [4.78, 5) is 32.8. The van der Waals surface area contributed by atoms with Crippen LogP contribution in [0.3, 0.4) is 0 Å². The molecule has 2 atom stereocenters. The smallest absolute Gasteiger partial charge is 0.335 e. The van der Waals surface area contributed by atoms with Gasteiger partial charge in [-0.3, -0.25) is 9.59 Å². The number of aromatic carboxylic acids is 1. The van der Waals surface area contributed by atoms with E-state index in [0.717, 1.165) is 12.1 Å². The summed E-state index contributed by atoms with van der Waals surface area (Å²) < 4.78 is 25.7. The van der Waals surface area contributed by atoms with Crippen LogP contribution in [0.25, 0.3) is 0 Å². The Hall–Kier alpha value is -2.46. The molecule has 0 radical (unpaired) electrons. The van der Waals surface area contributed by atoms with E-state index in [1.165, 1.54) is 12.1 Å². The van der Waals surface area contributed by atoms with Gasteiger partial charge in [-0.05, 0) is 24.6 Å². The van der Waals surface area contributed by atoms with Gasteiger partial charge in [-0.1, -0.05) is 6.07 Å². The molecule has 2 rings (SSSR count). The van der Waals surface area contributed by atoms with Crippen LogP contribution in [0, 0.1) is 5.92 Å². The first-order valence-electron chi connectivity index (χ1n) is 6.45. The van der Waals surface area contributed by atoms with Crippen molar-refractivity contribution in [3.8, 4) is 0 Å². The molecule has 0 aromatic heterocycles. The number of carboxylic acids is 3. The molecular weight excluding hydrogens is 330 g/mol. The monoisotopic (exact) mass is 343 g/mol. The Kier molecular flexibility index (Phi) is 4.39. The van der Waals surface area contributed by atoms with Crippen LogP contribution in [-0.2, 0) is 19.6 Å². The van der Waals surface area contributed by atoms with Crippen molar-refractivity contribution in [3.05, 3.63) is 29.8 Å². The van der Waals surface area contributed by atoms with Crippen LogP contribution in [0.15, 0.2) is 29.2 Å². The second-order valence-corrected chi connectivity index (χ2v) is 6.92. The van der Waals surface area contributed by atoms with Gasteiger partial charge in [-0.25, -0.2) is 13.2 Å². The quantitative estimate of drug-likeness (QED) is 0.672. The first-order chi connectivity index (χ1) is 10.6. The summed E-state index contributed by atoms with van der Waals surface area (Å²) in [7, 11) is -4.33. The molecule has 0 saturated carbocycles. The van der Waals surface area contributed by atoms with Crippen LogP contribution in [-0.4, -0.2) is 58.5 Å². The molecule has 9 nitrogen and oxygen atoms in total. The zero-order valence-corrected chi connectivity index (χ0v) is 12.4. The molecule has 0 aliphatic carbocycles. The molecule has 0 bridgehead atoms. The number of rotatable bonds is 5. The van der Waals surface area contributed by atoms with Crippen molar-refractivity contribution in [1.82, 2.24) is 4.31 Å². The third-order valence-corrected chi connectivity index (χ3v) is 5.45. The number of aliphatic carboxylic acids is 2. The third-order valence-electron chi connectivity index (χ3n) is 3.58. The average molecular weight is 343 g/mol. The molecule has 0 spiro atoms. The highest BCUT2D eigenvalue weighted by atomic mass is 32.2. The molecule has 0 amide bonds. The molecular formula is C13H13NO8S. The van der Waals surface area contributed by atoms with Crippen molar-refractivity contribution >= 4 is 27.9 Å². The lowest BCUT2D eigenvalue weighted by atomic mass is 10.1. The Balaban J connectivity index is 2.45. The Labute approximate surface area is 130 Å². The zero-order valence-electron chi connectivity index (χ0n) is 11.6. The molecule has 1 heterocycles. The summed E-state index contributed by atoms with van der Waals surface area (Å²) in [6, 6.07) is 2.95. The maximum Gasteiger partial charge on any atom is 0.335 e. The van der Waals surface area contributed by atoms with E-state index in [0.29, 0.717) is 4.31 Å². The fourth-order valence-electron chi connectivity index (χ4n) is 2.40. The van der Waals surface area contributed by atoms with Gasteiger partial charge >= 0.3 is 17.9 Å². The van der Waals surface area contributed by atoms with Gasteiger partial charge in [0, 0.05) is 6.54 Å². The number of nitrogens with zero attached hydrogens (tertiary/aromatic N) is 1. The summed E-state index contributed by atoms with van der Waals surface area (Å²) in [5.41, 5.74) is -0.271. The van der Waals surface area contributed by atoms with Crippen LogP contribution < -0.4 is 0 Å². The van der Waals surface area contributed by atoms with Crippen molar-refractivity contribution in [1.29, 1.82) is 0 Å². The molecule has 3 N–H and O–H groups in total. The normalized spacial score (nSPS) is 21.9. The highest BCUT2D eigenvalue weighted by molar-refractivity contribution is 7.89. The van der Waals surface area contributed by atoms with E-state index in [1.807, 2.05) is 0 Å². The molecule has 1 fully saturated rings. The number of sulfonamides is 1. The summed E-state index contributed by atoms with van der Waals surface area (Å²) in [6.45, 7) is -0.480. The van der Waals surface area contributed by atoms with E-state index in [2.05, 4.69) is 0 Å². The van der Waals surface area contributed by atoms with Crippen LogP contribution in [0.5, 0.6) is 0 Å². The zero-order chi connectivity index (χ0) is 17.4. The van der Waals surface area contributed by atoms with Crippen LogP contribution in [0.1, 0.15) is 16.8 Å². The number of benzene rings is 1. The van der Waals surface area contributed by atoms with Gasteiger partial charge < -0.3 is 15.3 Å². The lowest BCUT2D eigenvalue weighted by molar-refractivity contribution is -0.141. The first-order valence-corrected chi connectivity index (χ1v) is 7.89. The Morgan fingerprint density at radius 3 is 2.26 bits per heavy atom. The minimum absolute atomic E-state index is 0.271. The topological polar surface area (TPSA) is 149 Å². The van der Waals surface area contributed by atoms with E-state index < -0.39 is 51.3 Å². The third kappa shape index (κ3) is 3.17. The van der Waals surface area contributed by atoms with Gasteiger partial charge in [-0.15, -0.1) is 0 Å². The molecule has 23 heavy (non-hydrogen) atoms. The molecule has 1 aliphatic rings. The number of hydrogen-bond acceptors (Lipinski definition) is 5. The van der Waals surface area contributed by atoms with E-state index >= 15 is 0 Å². The average Bonchev–Trinajstić information content (AvgIpc) is 2.93. The Morgan fingerprint density at radius 2 is 1.74 bits per heavy atom. The number of carboxylic acid groups (broad SMARTS) is 3. The van der Waals surface area contributed by atoms with Crippen molar-refractivity contribution in [2.45, 2.75) is 17.4 Å². The van der Waals surface area contributed by atoms with E-state index in [9.17, 15) is 22.8 Å². The van der Waals surface area contributed by atoms with Crippen LogP contribution in [0.4, 0.5) is 0 Å². The fourth-order valence-corrected chi connectivity index (χ4v) is 4.08. The Morgan fingerprint density at radius 1 is 1.09 bits per heavy atom. The minimum Gasteiger partial charge on any atom is -0.481 e. The molecule has 124 valence electrons. The number of hydrogen-bond donors (Lipinski definition) is 3. The van der Waals surface area contributed by atoms with E-state index in [1.54, 1.807) is 0 Å². The molecule has 1 aromatic carbocycles. The fraction of sp³-hybridized carbons (Fsp3) is 0.308. The van der Waals surface area contributed by atoms with Gasteiger partial charge in [0.2, 0.25) is 10.0 Å². The van der Waals surface area contributed by atoms with Crippen LogP contribution in [0.2, 0.25) is 0 Å². The van der Waals surface area contributed by atoms with Crippen molar-refractivity contribution in [2.24, 2.45) is 5.92 Å². The molecule has 2 unspecified atom stereocenters. The van der Waals surface area contributed by atoms with Gasteiger partial charge in [-0.2, -0.15) is 4.31 Å².